The molecule has 0 fully saturated rings. The van der Waals surface area contributed by atoms with E-state index in [4.69, 9.17) is 0 Å². The van der Waals surface area contributed by atoms with E-state index in [-0.39, 0.29) is 0 Å². The molecule has 0 atom stereocenters. The minimum Gasteiger partial charge on any atom is -0.334 e. The minimum absolute atomic E-state index is 0.632. The Balaban J connectivity index is 1.94. The molecule has 0 saturated carbocycles. The second kappa shape index (κ2) is 3.33. The number of aromatic nitrogens is 7. The summed E-state index contributed by atoms with van der Waals surface area (Å²) in [5.74, 6) is 0.668. The molecule has 0 bridgehead atoms. The first kappa shape index (κ1) is 9.23. The zero-order valence-corrected chi connectivity index (χ0v) is 9.15. The molecular formula is C11H7N7. The highest BCUT2D eigenvalue weighted by atomic mass is 15.1. The topological polar surface area (TPSA) is 84.7 Å². The number of hydrogen-bond acceptors (Lipinski definition) is 5. The molecular weight excluding hydrogens is 230 g/mol. The zero-order valence-electron chi connectivity index (χ0n) is 9.15. The number of aromatic amines is 1. The van der Waals surface area contributed by atoms with Crippen molar-refractivity contribution in [3.05, 3.63) is 37.3 Å². The Hall–Kier alpha value is -2.83. The molecule has 1 N–H and O–H groups in total. The summed E-state index contributed by atoms with van der Waals surface area (Å²) >= 11 is 0. The van der Waals surface area contributed by atoms with Crippen LogP contribution >= 0.6 is 0 Å². The second-order valence-electron chi connectivity index (χ2n) is 3.81. The number of nitrogens with zero attached hydrogens (tertiary/aromatic N) is 6. The smallest absolute Gasteiger partial charge is 0.181 e. The molecule has 0 aliphatic carbocycles. The molecule has 86 valence electrons. The summed E-state index contributed by atoms with van der Waals surface area (Å²) < 4.78 is 1.89. The number of hydrogen-bond donors (Lipinski definition) is 1. The Kier molecular flexibility index (Phi) is 1.71. The number of H-pyrrole nitrogens is 1. The van der Waals surface area contributed by atoms with Crippen LogP contribution in [0.5, 0.6) is 0 Å². The van der Waals surface area contributed by atoms with E-state index in [0.717, 1.165) is 16.9 Å². The number of fused-ring (bicyclic) bond motifs is 2. The lowest BCUT2D eigenvalue weighted by molar-refractivity contribution is 1.11. The third kappa shape index (κ3) is 1.27. The van der Waals surface area contributed by atoms with Gasteiger partial charge in [0.2, 0.25) is 0 Å². The molecule has 0 radical (unpaired) electrons. The Labute approximate surface area is 101 Å². The quantitative estimate of drug-likeness (QED) is 0.535. The largest absolute Gasteiger partial charge is 0.334 e. The lowest BCUT2D eigenvalue weighted by Crippen LogP contribution is -1.91. The standard InChI is InChI=1S/C11H7N7/c1-2-18-5-8(14-4-9(18)13-1)11-16-7-3-12-6-15-10(7)17-11/h1-6H,(H,12,15,16,17). The molecule has 0 aliphatic heterocycles. The summed E-state index contributed by atoms with van der Waals surface area (Å²) in [7, 11) is 0. The van der Waals surface area contributed by atoms with Crippen molar-refractivity contribution < 1.29 is 0 Å². The van der Waals surface area contributed by atoms with Gasteiger partial charge in [-0.25, -0.2) is 24.9 Å². The van der Waals surface area contributed by atoms with Crippen LogP contribution in [-0.2, 0) is 0 Å². The van der Waals surface area contributed by atoms with Gasteiger partial charge >= 0.3 is 0 Å². The predicted molar refractivity (Wildman–Crippen MR) is 63.7 cm³/mol. The summed E-state index contributed by atoms with van der Waals surface area (Å²) in [5, 5.41) is 0. The van der Waals surface area contributed by atoms with Crippen molar-refractivity contribution in [3.8, 4) is 11.5 Å². The Morgan fingerprint density at radius 3 is 3.06 bits per heavy atom. The van der Waals surface area contributed by atoms with E-state index in [0.29, 0.717) is 11.5 Å². The number of nitrogens with one attached hydrogen (secondary N) is 1. The van der Waals surface area contributed by atoms with Gasteiger partial charge in [0.05, 0.1) is 12.4 Å². The van der Waals surface area contributed by atoms with Gasteiger partial charge in [-0.15, -0.1) is 0 Å². The van der Waals surface area contributed by atoms with E-state index in [1.54, 1.807) is 18.6 Å². The van der Waals surface area contributed by atoms with Crippen molar-refractivity contribution in [2.75, 3.05) is 0 Å². The fourth-order valence-electron chi connectivity index (χ4n) is 1.83. The van der Waals surface area contributed by atoms with Crippen LogP contribution in [-0.4, -0.2) is 34.3 Å². The van der Waals surface area contributed by atoms with Crippen LogP contribution in [0.2, 0.25) is 0 Å². The van der Waals surface area contributed by atoms with Gasteiger partial charge in [0.15, 0.2) is 17.1 Å². The van der Waals surface area contributed by atoms with Crippen LogP contribution in [0.1, 0.15) is 0 Å². The minimum atomic E-state index is 0.632. The first-order valence-electron chi connectivity index (χ1n) is 5.35. The molecule has 0 amide bonds. The normalized spacial score (nSPS) is 11.3. The lowest BCUT2D eigenvalue weighted by Gasteiger charge is -1.96. The van der Waals surface area contributed by atoms with Crippen molar-refractivity contribution in [3.63, 3.8) is 0 Å². The third-order valence-corrected chi connectivity index (χ3v) is 2.68. The molecule has 4 rings (SSSR count). The third-order valence-electron chi connectivity index (χ3n) is 2.68. The average Bonchev–Trinajstić information content (AvgIpc) is 3.04. The van der Waals surface area contributed by atoms with Crippen LogP contribution in [0.4, 0.5) is 0 Å². The van der Waals surface area contributed by atoms with Gasteiger partial charge in [-0.05, 0) is 0 Å². The van der Waals surface area contributed by atoms with Crippen LogP contribution in [0.25, 0.3) is 28.3 Å². The van der Waals surface area contributed by atoms with Gasteiger partial charge in [0.1, 0.15) is 17.5 Å². The first-order chi connectivity index (χ1) is 8.90. The summed E-state index contributed by atoms with van der Waals surface area (Å²) in [6.45, 7) is 0. The Bertz CT molecular complexity index is 811. The van der Waals surface area contributed by atoms with Crippen molar-refractivity contribution >= 4 is 16.8 Å². The number of rotatable bonds is 1. The second-order valence-corrected chi connectivity index (χ2v) is 3.81. The maximum atomic E-state index is 4.37. The fourth-order valence-corrected chi connectivity index (χ4v) is 1.83. The van der Waals surface area contributed by atoms with E-state index in [1.807, 2.05) is 16.8 Å². The van der Waals surface area contributed by atoms with E-state index in [1.165, 1.54) is 6.33 Å². The van der Waals surface area contributed by atoms with Crippen LogP contribution in [0, 0.1) is 0 Å². The average molecular weight is 237 g/mol. The molecule has 4 aromatic rings. The molecule has 0 spiro atoms. The van der Waals surface area contributed by atoms with Crippen molar-refractivity contribution in [1.29, 1.82) is 0 Å². The van der Waals surface area contributed by atoms with Crippen molar-refractivity contribution in [1.82, 2.24) is 34.3 Å². The zero-order chi connectivity index (χ0) is 11.9. The Morgan fingerprint density at radius 1 is 1.11 bits per heavy atom. The molecule has 0 saturated heterocycles. The van der Waals surface area contributed by atoms with E-state index >= 15 is 0 Å². The molecule has 18 heavy (non-hydrogen) atoms. The van der Waals surface area contributed by atoms with Gasteiger partial charge in [-0.2, -0.15) is 0 Å². The van der Waals surface area contributed by atoms with Gasteiger partial charge < -0.3 is 9.38 Å². The fraction of sp³-hybridized carbons (Fsp3) is 0. The summed E-state index contributed by atoms with van der Waals surface area (Å²) in [4.78, 5) is 24.0. The summed E-state index contributed by atoms with van der Waals surface area (Å²) in [5.41, 5.74) is 2.96. The molecule has 4 aromatic heterocycles. The lowest BCUT2D eigenvalue weighted by atomic mass is 10.4. The van der Waals surface area contributed by atoms with Gasteiger partial charge in [-0.3, -0.25) is 0 Å². The van der Waals surface area contributed by atoms with Crippen molar-refractivity contribution in [2.24, 2.45) is 0 Å². The molecule has 0 aromatic carbocycles. The molecule has 7 nitrogen and oxygen atoms in total. The highest BCUT2D eigenvalue weighted by Crippen LogP contribution is 2.16. The van der Waals surface area contributed by atoms with E-state index < -0.39 is 0 Å². The van der Waals surface area contributed by atoms with Crippen molar-refractivity contribution in [2.45, 2.75) is 0 Å². The van der Waals surface area contributed by atoms with Gasteiger partial charge in [-0.1, -0.05) is 0 Å². The van der Waals surface area contributed by atoms with Gasteiger partial charge in [0, 0.05) is 18.6 Å². The van der Waals surface area contributed by atoms with Crippen LogP contribution in [0.15, 0.2) is 37.3 Å². The SMILES string of the molecule is c1ncc2[nH]c(-c3cn4ccnc4cn3)nc2n1. The van der Waals surface area contributed by atoms with Gasteiger partial charge in [0.25, 0.3) is 0 Å². The van der Waals surface area contributed by atoms with Crippen LogP contribution in [0.3, 0.4) is 0 Å². The molecule has 0 unspecified atom stereocenters. The monoisotopic (exact) mass is 237 g/mol. The van der Waals surface area contributed by atoms with E-state index in [9.17, 15) is 0 Å². The molecule has 0 aliphatic rings. The highest BCUT2D eigenvalue weighted by Gasteiger charge is 2.08. The predicted octanol–water partition coefficient (Wildman–Crippen LogP) is 1.06. The first-order valence-corrected chi connectivity index (χ1v) is 5.35. The number of imidazole rings is 2. The maximum absolute atomic E-state index is 4.37. The summed E-state index contributed by atoms with van der Waals surface area (Å²) in [6, 6.07) is 0. The molecule has 7 heteroatoms. The maximum Gasteiger partial charge on any atom is 0.181 e. The van der Waals surface area contributed by atoms with E-state index in [2.05, 4.69) is 29.9 Å². The van der Waals surface area contributed by atoms with Crippen LogP contribution < -0.4 is 0 Å². The summed E-state index contributed by atoms with van der Waals surface area (Å²) in [6.07, 6.45) is 10.3. The Morgan fingerprint density at radius 2 is 2.11 bits per heavy atom. The highest BCUT2D eigenvalue weighted by molar-refractivity contribution is 5.73. The molecule has 4 heterocycles.